The molecular weight excluding hydrogens is 302 g/mol. The van der Waals surface area contributed by atoms with Gasteiger partial charge in [0.2, 0.25) is 5.91 Å². The van der Waals surface area contributed by atoms with Crippen LogP contribution in [0.5, 0.6) is 0 Å². The van der Waals surface area contributed by atoms with E-state index >= 15 is 0 Å². The Morgan fingerprint density at radius 2 is 1.67 bits per heavy atom. The van der Waals surface area contributed by atoms with Crippen molar-refractivity contribution in [3.05, 3.63) is 29.8 Å². The molecule has 2 N–H and O–H groups in total. The average Bonchev–Trinajstić information content (AvgIpc) is 2.61. The summed E-state index contributed by atoms with van der Waals surface area (Å²) < 4.78 is 0. The van der Waals surface area contributed by atoms with Gasteiger partial charge in [-0.3, -0.25) is 9.59 Å². The highest BCUT2D eigenvalue weighted by molar-refractivity contribution is 5.94. The highest BCUT2D eigenvalue weighted by Crippen LogP contribution is 2.24. The van der Waals surface area contributed by atoms with Gasteiger partial charge in [0.05, 0.1) is 0 Å². The van der Waals surface area contributed by atoms with Gasteiger partial charge in [-0.25, -0.2) is 0 Å². The predicted octanol–water partition coefficient (Wildman–Crippen LogP) is 2.38. The molecule has 0 spiro atoms. The maximum absolute atomic E-state index is 12.7. The molecular formula is C19H27N3O2. The van der Waals surface area contributed by atoms with Crippen LogP contribution in [0.1, 0.15) is 43.0 Å². The Balaban J connectivity index is 1.54. The van der Waals surface area contributed by atoms with Gasteiger partial charge in [0.15, 0.2) is 0 Å². The van der Waals surface area contributed by atoms with Crippen LogP contribution in [0, 0.1) is 11.8 Å². The van der Waals surface area contributed by atoms with Crippen LogP contribution in [-0.4, -0.2) is 47.8 Å². The molecule has 2 fully saturated rings. The van der Waals surface area contributed by atoms with E-state index in [2.05, 4.69) is 6.92 Å². The zero-order valence-corrected chi connectivity index (χ0v) is 14.4. The van der Waals surface area contributed by atoms with E-state index in [1.54, 1.807) is 24.3 Å². The summed E-state index contributed by atoms with van der Waals surface area (Å²) in [6.07, 6.45) is 3.87. The molecule has 24 heavy (non-hydrogen) atoms. The second-order valence-corrected chi connectivity index (χ2v) is 7.22. The van der Waals surface area contributed by atoms with Crippen LogP contribution in [0.25, 0.3) is 0 Å². The largest absolute Gasteiger partial charge is 0.399 e. The topological polar surface area (TPSA) is 66.6 Å². The Bertz CT molecular complexity index is 591. The van der Waals surface area contributed by atoms with Crippen molar-refractivity contribution in [1.29, 1.82) is 0 Å². The number of nitrogens with zero attached hydrogens (tertiary/aromatic N) is 2. The van der Waals surface area contributed by atoms with Crippen molar-refractivity contribution in [3.8, 4) is 0 Å². The summed E-state index contributed by atoms with van der Waals surface area (Å²) in [5.74, 6) is 1.01. The number of amides is 2. The van der Waals surface area contributed by atoms with E-state index in [4.69, 9.17) is 5.73 Å². The zero-order valence-electron chi connectivity index (χ0n) is 14.4. The van der Waals surface area contributed by atoms with Crippen LogP contribution < -0.4 is 5.73 Å². The molecule has 2 saturated heterocycles. The third kappa shape index (κ3) is 3.71. The van der Waals surface area contributed by atoms with E-state index in [0.29, 0.717) is 36.2 Å². The van der Waals surface area contributed by atoms with Gasteiger partial charge in [-0.05, 0) is 55.9 Å². The average molecular weight is 329 g/mol. The quantitative estimate of drug-likeness (QED) is 0.847. The molecule has 3 rings (SSSR count). The lowest BCUT2D eigenvalue weighted by Crippen LogP contribution is -2.47. The van der Waals surface area contributed by atoms with Crippen molar-refractivity contribution in [2.45, 2.75) is 32.6 Å². The molecule has 0 radical (unpaired) electrons. The van der Waals surface area contributed by atoms with Crippen molar-refractivity contribution in [1.82, 2.24) is 9.80 Å². The van der Waals surface area contributed by atoms with Gasteiger partial charge in [-0.15, -0.1) is 0 Å². The van der Waals surface area contributed by atoms with E-state index in [-0.39, 0.29) is 11.8 Å². The lowest BCUT2D eigenvalue weighted by Gasteiger charge is -2.37. The minimum absolute atomic E-state index is 0.0347. The summed E-state index contributed by atoms with van der Waals surface area (Å²) in [7, 11) is 0. The Hall–Kier alpha value is -2.04. The summed E-state index contributed by atoms with van der Waals surface area (Å²) in [4.78, 5) is 29.1. The number of nitrogen functional groups attached to an aromatic ring is 1. The number of hydrogen-bond acceptors (Lipinski definition) is 3. The molecule has 5 heteroatoms. The number of benzene rings is 1. The molecule has 5 nitrogen and oxygen atoms in total. The minimum Gasteiger partial charge on any atom is -0.399 e. The first-order valence-corrected chi connectivity index (χ1v) is 8.98. The fourth-order valence-electron chi connectivity index (χ4n) is 3.79. The van der Waals surface area contributed by atoms with Crippen LogP contribution in [0.2, 0.25) is 0 Å². The van der Waals surface area contributed by atoms with Crippen molar-refractivity contribution in [2.75, 3.05) is 31.9 Å². The Morgan fingerprint density at radius 3 is 2.29 bits per heavy atom. The number of carbonyl (C=O) groups excluding carboxylic acids is 2. The zero-order chi connectivity index (χ0) is 17.1. The lowest BCUT2D eigenvalue weighted by atomic mass is 9.92. The normalized spacial score (nSPS) is 22.5. The third-order valence-electron chi connectivity index (χ3n) is 5.26. The number of likely N-dealkylation sites (tertiary alicyclic amines) is 2. The lowest BCUT2D eigenvalue weighted by molar-refractivity contribution is -0.138. The number of hydrogen-bond donors (Lipinski definition) is 1. The van der Waals surface area contributed by atoms with Gasteiger partial charge in [0.1, 0.15) is 0 Å². The number of piperidine rings is 2. The molecule has 1 aromatic rings. The predicted molar refractivity (Wildman–Crippen MR) is 94.5 cm³/mol. The van der Waals surface area contributed by atoms with E-state index in [1.165, 1.54) is 6.42 Å². The molecule has 1 unspecified atom stereocenters. The maximum Gasteiger partial charge on any atom is 0.253 e. The van der Waals surface area contributed by atoms with Crippen molar-refractivity contribution < 1.29 is 9.59 Å². The summed E-state index contributed by atoms with van der Waals surface area (Å²) in [6.45, 7) is 5.32. The van der Waals surface area contributed by atoms with Crippen molar-refractivity contribution in [3.63, 3.8) is 0 Å². The molecule has 2 heterocycles. The number of nitrogens with two attached hydrogens (primary N) is 1. The summed E-state index contributed by atoms with van der Waals surface area (Å²) in [5, 5.41) is 0. The molecule has 2 aliphatic heterocycles. The fourth-order valence-corrected chi connectivity index (χ4v) is 3.79. The van der Waals surface area contributed by atoms with E-state index in [0.717, 1.165) is 32.4 Å². The second kappa shape index (κ2) is 7.24. The SMILES string of the molecule is CC1CCCN(C(=O)C2CCN(C(=O)c3ccc(N)cc3)CC2)C1. The molecule has 1 aromatic carbocycles. The Kier molecular flexibility index (Phi) is 5.07. The molecule has 0 bridgehead atoms. The smallest absolute Gasteiger partial charge is 0.253 e. The molecule has 1 atom stereocenters. The van der Waals surface area contributed by atoms with Gasteiger partial charge in [0.25, 0.3) is 5.91 Å². The van der Waals surface area contributed by atoms with Gasteiger partial charge >= 0.3 is 0 Å². The number of rotatable bonds is 2. The van der Waals surface area contributed by atoms with Gasteiger partial charge in [-0.2, -0.15) is 0 Å². The van der Waals surface area contributed by atoms with Crippen LogP contribution in [-0.2, 0) is 4.79 Å². The standard InChI is InChI=1S/C19H27N3O2/c1-14-3-2-10-22(13-14)19(24)16-8-11-21(12-9-16)18(23)15-4-6-17(20)7-5-15/h4-7,14,16H,2-3,8-13,20H2,1H3. The first kappa shape index (κ1) is 16.8. The molecule has 130 valence electrons. The number of anilines is 1. The van der Waals surface area contributed by atoms with Gasteiger partial charge in [0, 0.05) is 43.3 Å². The summed E-state index contributed by atoms with van der Waals surface area (Å²) in [5.41, 5.74) is 6.99. The highest BCUT2D eigenvalue weighted by Gasteiger charge is 2.31. The van der Waals surface area contributed by atoms with Crippen LogP contribution in [0.15, 0.2) is 24.3 Å². The Labute approximate surface area is 143 Å². The number of carbonyl (C=O) groups is 2. The van der Waals surface area contributed by atoms with Crippen LogP contribution >= 0.6 is 0 Å². The van der Waals surface area contributed by atoms with Crippen molar-refractivity contribution in [2.24, 2.45) is 11.8 Å². The summed E-state index contributed by atoms with van der Waals surface area (Å²) >= 11 is 0. The molecule has 0 saturated carbocycles. The fraction of sp³-hybridized carbons (Fsp3) is 0.579. The van der Waals surface area contributed by atoms with Crippen LogP contribution in [0.3, 0.4) is 0 Å². The third-order valence-corrected chi connectivity index (χ3v) is 5.26. The van der Waals surface area contributed by atoms with Gasteiger partial charge in [-0.1, -0.05) is 6.92 Å². The highest BCUT2D eigenvalue weighted by atomic mass is 16.2. The molecule has 2 aliphatic rings. The molecule has 0 aliphatic carbocycles. The molecule has 2 amide bonds. The first-order chi connectivity index (χ1) is 11.5. The van der Waals surface area contributed by atoms with E-state index in [9.17, 15) is 9.59 Å². The molecule has 0 aromatic heterocycles. The van der Waals surface area contributed by atoms with Crippen molar-refractivity contribution >= 4 is 17.5 Å². The van der Waals surface area contributed by atoms with E-state index < -0.39 is 0 Å². The monoisotopic (exact) mass is 329 g/mol. The van der Waals surface area contributed by atoms with Crippen LogP contribution in [0.4, 0.5) is 5.69 Å². The summed E-state index contributed by atoms with van der Waals surface area (Å²) in [6, 6.07) is 7.04. The maximum atomic E-state index is 12.7. The second-order valence-electron chi connectivity index (χ2n) is 7.22. The minimum atomic E-state index is 0.0347. The van der Waals surface area contributed by atoms with E-state index in [1.807, 2.05) is 9.80 Å². The van der Waals surface area contributed by atoms with Gasteiger partial charge < -0.3 is 15.5 Å². The Morgan fingerprint density at radius 1 is 1.00 bits per heavy atom. The first-order valence-electron chi connectivity index (χ1n) is 8.98.